The van der Waals surface area contributed by atoms with Crippen LogP contribution in [0.4, 0.5) is 16.3 Å². The van der Waals surface area contributed by atoms with Crippen LogP contribution in [0.1, 0.15) is 45.7 Å². The number of rotatable bonds is 4. The summed E-state index contributed by atoms with van der Waals surface area (Å²) in [7, 11) is 1.82. The molecule has 0 spiro atoms. The van der Waals surface area contributed by atoms with E-state index in [1.807, 2.05) is 58.2 Å². The van der Waals surface area contributed by atoms with Crippen LogP contribution < -0.4 is 15.5 Å². The summed E-state index contributed by atoms with van der Waals surface area (Å²) in [5, 5.41) is 5.97. The molecule has 2 N–H and O–H groups in total. The lowest BCUT2D eigenvalue weighted by atomic mass is 9.89. The quantitative estimate of drug-likeness (QED) is 0.813. The molecule has 7 nitrogen and oxygen atoms in total. The molecule has 0 fully saturated rings. The number of amides is 2. The molecular weight excluding hydrogens is 368 g/mol. The number of hydrogen-bond acceptors (Lipinski definition) is 5. The number of benzene rings is 1. The molecule has 7 heteroatoms. The van der Waals surface area contributed by atoms with E-state index in [1.54, 1.807) is 18.0 Å². The van der Waals surface area contributed by atoms with Crippen LogP contribution in [0.25, 0.3) is 11.1 Å². The molecule has 3 rings (SSSR count). The van der Waals surface area contributed by atoms with Gasteiger partial charge in [-0.1, -0.05) is 6.07 Å². The van der Waals surface area contributed by atoms with Crippen molar-refractivity contribution in [3.63, 3.8) is 0 Å². The summed E-state index contributed by atoms with van der Waals surface area (Å²) < 4.78 is 5.27. The highest BCUT2D eigenvalue weighted by Gasteiger charge is 2.33. The molecule has 1 aromatic carbocycles. The highest BCUT2D eigenvalue weighted by molar-refractivity contribution is 5.94. The van der Waals surface area contributed by atoms with Gasteiger partial charge in [0, 0.05) is 37.5 Å². The van der Waals surface area contributed by atoms with Crippen molar-refractivity contribution < 1.29 is 14.3 Å². The van der Waals surface area contributed by atoms with Crippen LogP contribution in [0.2, 0.25) is 0 Å². The predicted octanol–water partition coefficient (Wildman–Crippen LogP) is 4.11. The molecule has 0 bridgehead atoms. The Balaban J connectivity index is 2.00. The van der Waals surface area contributed by atoms with Gasteiger partial charge in [-0.3, -0.25) is 4.79 Å². The Morgan fingerprint density at radius 3 is 2.52 bits per heavy atom. The number of alkyl carbamates (subject to hydrolysis) is 1. The van der Waals surface area contributed by atoms with Gasteiger partial charge in [0.1, 0.15) is 5.82 Å². The summed E-state index contributed by atoms with van der Waals surface area (Å²) in [5.41, 5.74) is 3.65. The summed E-state index contributed by atoms with van der Waals surface area (Å²) >= 11 is 0. The van der Waals surface area contributed by atoms with Crippen LogP contribution in [0.15, 0.2) is 36.5 Å². The van der Waals surface area contributed by atoms with Crippen LogP contribution >= 0.6 is 0 Å². The zero-order valence-corrected chi connectivity index (χ0v) is 17.5. The molecule has 2 aromatic rings. The monoisotopic (exact) mass is 396 g/mol. The number of aromatic nitrogens is 1. The lowest BCUT2D eigenvalue weighted by molar-refractivity contribution is -0.117. The van der Waals surface area contributed by atoms with Crippen molar-refractivity contribution in [1.82, 2.24) is 10.3 Å². The molecule has 0 saturated heterocycles. The predicted molar refractivity (Wildman–Crippen MR) is 114 cm³/mol. The van der Waals surface area contributed by atoms with Crippen molar-refractivity contribution in [3.05, 3.63) is 42.1 Å². The zero-order valence-electron chi connectivity index (χ0n) is 17.5. The minimum absolute atomic E-state index is 0.0188. The number of ether oxygens (including phenoxy) is 1. The second kappa shape index (κ2) is 8.51. The maximum Gasteiger partial charge on any atom is 0.407 e. The third-order valence-electron chi connectivity index (χ3n) is 5.01. The number of anilines is 2. The molecule has 0 aliphatic carbocycles. The van der Waals surface area contributed by atoms with Gasteiger partial charge in [0.25, 0.3) is 0 Å². The Morgan fingerprint density at radius 2 is 1.93 bits per heavy atom. The van der Waals surface area contributed by atoms with Crippen molar-refractivity contribution >= 4 is 23.5 Å². The van der Waals surface area contributed by atoms with E-state index in [9.17, 15) is 9.59 Å². The van der Waals surface area contributed by atoms with Crippen molar-refractivity contribution in [3.8, 4) is 11.1 Å². The molecule has 2 amide bonds. The number of carbonyl (C=O) groups is 2. The van der Waals surface area contributed by atoms with Gasteiger partial charge in [-0.05, 0) is 62.6 Å². The zero-order chi connectivity index (χ0) is 21.1. The molecule has 0 radical (unpaired) electrons. The minimum Gasteiger partial charge on any atom is -0.447 e. The fourth-order valence-corrected chi connectivity index (χ4v) is 3.76. The molecule has 0 saturated carbocycles. The molecule has 154 valence electrons. The second-order valence-electron chi connectivity index (χ2n) is 7.58. The first-order valence-corrected chi connectivity index (χ1v) is 9.85. The van der Waals surface area contributed by atoms with Gasteiger partial charge in [0.05, 0.1) is 12.1 Å². The number of fused-ring (bicyclic) bond motifs is 1. The Hall–Kier alpha value is -3.09. The number of nitrogens with zero attached hydrogens (tertiary/aromatic N) is 2. The van der Waals surface area contributed by atoms with Crippen LogP contribution in [0.5, 0.6) is 0 Å². The fourth-order valence-electron chi connectivity index (χ4n) is 3.76. The van der Waals surface area contributed by atoms with Gasteiger partial charge in [0.2, 0.25) is 5.91 Å². The highest BCUT2D eigenvalue weighted by atomic mass is 16.6. The number of pyridine rings is 1. The molecule has 0 unspecified atom stereocenters. The van der Waals surface area contributed by atoms with E-state index < -0.39 is 6.09 Å². The first-order chi connectivity index (χ1) is 13.8. The standard InChI is InChI=1S/C22H28N4O3/c1-13(2)29-22(28)25-19-10-14(3)26(15(4)27)20-8-6-16(11-18(19)20)17-7-9-21(23-5)24-12-17/h6-9,11-14,19H,10H2,1-5H3,(H,23,24)(H,25,28)/t14-,19+/m1/s1. The van der Waals surface area contributed by atoms with Crippen LogP contribution in [-0.4, -0.2) is 36.2 Å². The largest absolute Gasteiger partial charge is 0.447 e. The molecular formula is C22H28N4O3. The van der Waals surface area contributed by atoms with E-state index in [0.29, 0.717) is 6.42 Å². The SMILES string of the molecule is CNc1ccc(-c2ccc3c(c2)[C@@H](NC(=O)OC(C)C)C[C@@H](C)N3C(C)=O)cn1. The van der Waals surface area contributed by atoms with Crippen molar-refractivity contribution in [1.29, 1.82) is 0 Å². The molecule has 2 heterocycles. The molecule has 2 atom stereocenters. The first-order valence-electron chi connectivity index (χ1n) is 9.85. The Kier molecular flexibility index (Phi) is 6.06. The van der Waals surface area contributed by atoms with Crippen LogP contribution in [-0.2, 0) is 9.53 Å². The third-order valence-corrected chi connectivity index (χ3v) is 5.01. The molecule has 29 heavy (non-hydrogen) atoms. The van der Waals surface area contributed by atoms with Gasteiger partial charge in [-0.25, -0.2) is 9.78 Å². The first kappa shape index (κ1) is 20.6. The van der Waals surface area contributed by atoms with Gasteiger partial charge in [-0.2, -0.15) is 0 Å². The molecule has 1 aliphatic heterocycles. The second-order valence-corrected chi connectivity index (χ2v) is 7.58. The fraction of sp³-hybridized carbons (Fsp3) is 0.409. The smallest absolute Gasteiger partial charge is 0.407 e. The summed E-state index contributed by atoms with van der Waals surface area (Å²) in [6.45, 7) is 7.18. The maximum absolute atomic E-state index is 12.3. The average molecular weight is 396 g/mol. The average Bonchev–Trinajstić information content (AvgIpc) is 2.67. The normalized spacial score (nSPS) is 18.2. The van der Waals surface area contributed by atoms with Crippen LogP contribution in [0, 0.1) is 0 Å². The summed E-state index contributed by atoms with van der Waals surface area (Å²) in [6.07, 6.45) is 1.76. The summed E-state index contributed by atoms with van der Waals surface area (Å²) in [4.78, 5) is 30.7. The minimum atomic E-state index is -0.454. The summed E-state index contributed by atoms with van der Waals surface area (Å²) in [6, 6.07) is 9.56. The van der Waals surface area contributed by atoms with E-state index in [2.05, 4.69) is 15.6 Å². The maximum atomic E-state index is 12.3. The molecule has 1 aromatic heterocycles. The highest BCUT2D eigenvalue weighted by Crippen LogP contribution is 2.39. The Labute approximate surface area is 171 Å². The van der Waals surface area contributed by atoms with Gasteiger partial charge >= 0.3 is 6.09 Å². The molecule has 1 aliphatic rings. The topological polar surface area (TPSA) is 83.6 Å². The van der Waals surface area contributed by atoms with Crippen molar-refractivity contribution in [2.75, 3.05) is 17.3 Å². The third kappa shape index (κ3) is 4.50. The Bertz CT molecular complexity index is 895. The van der Waals surface area contributed by atoms with Crippen molar-refractivity contribution in [2.24, 2.45) is 0 Å². The van der Waals surface area contributed by atoms with Crippen LogP contribution in [0.3, 0.4) is 0 Å². The number of hydrogen-bond donors (Lipinski definition) is 2. The number of carbonyl (C=O) groups excluding carboxylic acids is 2. The van der Waals surface area contributed by atoms with E-state index in [4.69, 9.17) is 4.74 Å². The van der Waals surface area contributed by atoms with E-state index >= 15 is 0 Å². The number of nitrogens with one attached hydrogen (secondary N) is 2. The van der Waals surface area contributed by atoms with Gasteiger partial charge in [-0.15, -0.1) is 0 Å². The van der Waals surface area contributed by atoms with E-state index in [-0.39, 0.29) is 24.1 Å². The lowest BCUT2D eigenvalue weighted by Crippen LogP contribution is -2.45. The van der Waals surface area contributed by atoms with Gasteiger partial charge < -0.3 is 20.3 Å². The van der Waals surface area contributed by atoms with Crippen molar-refractivity contribution in [2.45, 2.75) is 52.3 Å². The van der Waals surface area contributed by atoms with E-state index in [0.717, 1.165) is 28.2 Å². The van der Waals surface area contributed by atoms with E-state index in [1.165, 1.54) is 0 Å². The summed E-state index contributed by atoms with van der Waals surface area (Å²) in [5.74, 6) is 0.772. The lowest BCUT2D eigenvalue weighted by Gasteiger charge is -2.39. The Morgan fingerprint density at radius 1 is 1.21 bits per heavy atom. The van der Waals surface area contributed by atoms with Gasteiger partial charge in [0.15, 0.2) is 0 Å².